The van der Waals surface area contributed by atoms with E-state index < -0.39 is 29.6 Å². The number of carbonyl (C=O) groups is 2. The summed E-state index contributed by atoms with van der Waals surface area (Å²) in [6.07, 6.45) is -1.15. The fraction of sp³-hybridized carbons (Fsp3) is 0.125. The van der Waals surface area contributed by atoms with Gasteiger partial charge in [-0.1, -0.05) is 17.7 Å². The van der Waals surface area contributed by atoms with Gasteiger partial charge >= 0.3 is 5.97 Å². The van der Waals surface area contributed by atoms with Gasteiger partial charge in [-0.05, 0) is 43.3 Å². The van der Waals surface area contributed by atoms with Crippen LogP contribution in [0.15, 0.2) is 42.5 Å². The normalized spacial score (nSPS) is 11.7. The van der Waals surface area contributed by atoms with E-state index in [1.54, 1.807) is 0 Å². The van der Waals surface area contributed by atoms with Crippen LogP contribution >= 0.6 is 11.6 Å². The lowest BCUT2D eigenvalue weighted by atomic mass is 10.2. The minimum absolute atomic E-state index is 0.00976. The van der Waals surface area contributed by atoms with Crippen LogP contribution in [0, 0.1) is 11.6 Å². The van der Waals surface area contributed by atoms with E-state index in [4.69, 9.17) is 16.3 Å². The third kappa shape index (κ3) is 4.50. The summed E-state index contributed by atoms with van der Waals surface area (Å²) >= 11 is 5.79. The molecule has 2 rings (SSSR count). The molecule has 0 aromatic heterocycles. The Hall–Kier alpha value is -2.47. The zero-order valence-corrected chi connectivity index (χ0v) is 12.7. The average Bonchev–Trinajstić information content (AvgIpc) is 2.49. The van der Waals surface area contributed by atoms with E-state index in [1.807, 2.05) is 0 Å². The number of halogens is 3. The minimum Gasteiger partial charge on any atom is -0.449 e. The zero-order chi connectivity index (χ0) is 17.0. The van der Waals surface area contributed by atoms with Crippen molar-refractivity contribution in [3.05, 3.63) is 64.7 Å². The summed E-state index contributed by atoms with van der Waals surface area (Å²) in [5.41, 5.74) is 0.177. The van der Waals surface area contributed by atoms with Crippen molar-refractivity contribution in [1.82, 2.24) is 0 Å². The van der Waals surface area contributed by atoms with Crippen molar-refractivity contribution in [2.24, 2.45) is 0 Å². The molecule has 7 heteroatoms. The van der Waals surface area contributed by atoms with Gasteiger partial charge in [0.2, 0.25) is 0 Å². The Balaban J connectivity index is 2.01. The number of ether oxygens (including phenoxy) is 1. The summed E-state index contributed by atoms with van der Waals surface area (Å²) in [4.78, 5) is 23.8. The average molecular weight is 340 g/mol. The molecular formula is C16H12ClF2NO3. The second-order valence-electron chi connectivity index (χ2n) is 4.67. The maximum absolute atomic E-state index is 13.1. The van der Waals surface area contributed by atoms with Crippen molar-refractivity contribution in [2.75, 3.05) is 5.32 Å². The van der Waals surface area contributed by atoms with E-state index in [0.717, 1.165) is 18.2 Å². The molecular weight excluding hydrogens is 328 g/mol. The molecule has 1 atom stereocenters. The van der Waals surface area contributed by atoms with Crippen molar-refractivity contribution in [2.45, 2.75) is 13.0 Å². The van der Waals surface area contributed by atoms with E-state index >= 15 is 0 Å². The predicted molar refractivity (Wildman–Crippen MR) is 81.3 cm³/mol. The van der Waals surface area contributed by atoms with Gasteiger partial charge in [-0.2, -0.15) is 0 Å². The van der Waals surface area contributed by atoms with Gasteiger partial charge in [-0.25, -0.2) is 13.6 Å². The van der Waals surface area contributed by atoms with Crippen molar-refractivity contribution < 1.29 is 23.1 Å². The molecule has 0 fully saturated rings. The molecule has 0 aliphatic carbocycles. The molecule has 120 valence electrons. The SMILES string of the molecule is C[C@@H](OC(=O)c1cccc(F)c1)C(=O)Nc1ccc(F)cc1Cl. The smallest absolute Gasteiger partial charge is 0.339 e. The van der Waals surface area contributed by atoms with Crippen molar-refractivity contribution >= 4 is 29.2 Å². The Bertz CT molecular complexity index is 752. The number of benzene rings is 2. The molecule has 0 aliphatic heterocycles. The topological polar surface area (TPSA) is 55.4 Å². The summed E-state index contributed by atoms with van der Waals surface area (Å²) in [7, 11) is 0. The molecule has 0 saturated heterocycles. The Morgan fingerprint density at radius 3 is 2.48 bits per heavy atom. The highest BCUT2D eigenvalue weighted by Gasteiger charge is 2.20. The highest BCUT2D eigenvalue weighted by atomic mass is 35.5. The molecule has 2 aromatic rings. The Labute approximate surface area is 136 Å². The van der Waals surface area contributed by atoms with Crippen LogP contribution < -0.4 is 5.32 Å². The second-order valence-corrected chi connectivity index (χ2v) is 5.08. The van der Waals surface area contributed by atoms with E-state index in [9.17, 15) is 18.4 Å². The molecule has 4 nitrogen and oxygen atoms in total. The van der Waals surface area contributed by atoms with Crippen LogP contribution in [0.4, 0.5) is 14.5 Å². The van der Waals surface area contributed by atoms with E-state index in [0.29, 0.717) is 0 Å². The molecule has 0 aliphatic rings. The monoisotopic (exact) mass is 339 g/mol. The third-order valence-corrected chi connectivity index (χ3v) is 3.22. The predicted octanol–water partition coefficient (Wildman–Crippen LogP) is 3.80. The number of carbonyl (C=O) groups excluding carboxylic acids is 2. The Morgan fingerprint density at radius 2 is 1.83 bits per heavy atom. The highest BCUT2D eigenvalue weighted by Crippen LogP contribution is 2.22. The van der Waals surface area contributed by atoms with Gasteiger partial charge in [0.15, 0.2) is 6.10 Å². The molecule has 0 spiro atoms. The van der Waals surface area contributed by atoms with Gasteiger partial charge in [0.25, 0.3) is 5.91 Å². The molecule has 0 heterocycles. The first kappa shape index (κ1) is 16.9. The molecule has 2 aromatic carbocycles. The number of amides is 1. The fourth-order valence-corrected chi connectivity index (χ4v) is 1.94. The van der Waals surface area contributed by atoms with E-state index in [2.05, 4.69) is 5.32 Å². The molecule has 0 saturated carbocycles. The van der Waals surface area contributed by atoms with Crippen molar-refractivity contribution in [3.8, 4) is 0 Å². The van der Waals surface area contributed by atoms with Crippen LogP contribution in [-0.2, 0) is 9.53 Å². The standard InChI is InChI=1S/C16H12ClF2NO3/c1-9(23-16(22)10-3-2-4-11(18)7-10)15(21)20-14-6-5-12(19)8-13(14)17/h2-9H,1H3,(H,20,21)/t9-/m1/s1. The van der Waals surface area contributed by atoms with Gasteiger partial charge in [0.05, 0.1) is 16.3 Å². The van der Waals surface area contributed by atoms with E-state index in [-0.39, 0.29) is 16.3 Å². The minimum atomic E-state index is -1.15. The van der Waals surface area contributed by atoms with Gasteiger partial charge in [0.1, 0.15) is 11.6 Å². The maximum atomic E-state index is 13.1. The number of hydrogen-bond donors (Lipinski definition) is 1. The van der Waals surface area contributed by atoms with Gasteiger partial charge in [0, 0.05) is 0 Å². The maximum Gasteiger partial charge on any atom is 0.339 e. The van der Waals surface area contributed by atoms with Crippen molar-refractivity contribution in [3.63, 3.8) is 0 Å². The summed E-state index contributed by atoms with van der Waals surface area (Å²) in [5.74, 6) is -2.62. The summed E-state index contributed by atoms with van der Waals surface area (Å²) < 4.78 is 30.9. The van der Waals surface area contributed by atoms with Gasteiger partial charge in [-0.3, -0.25) is 4.79 Å². The van der Waals surface area contributed by atoms with Crippen LogP contribution in [0.3, 0.4) is 0 Å². The van der Waals surface area contributed by atoms with Crippen LogP contribution in [0.25, 0.3) is 0 Å². The first-order valence-corrected chi connectivity index (χ1v) is 6.97. The number of nitrogens with one attached hydrogen (secondary N) is 1. The first-order chi connectivity index (χ1) is 10.9. The van der Waals surface area contributed by atoms with E-state index in [1.165, 1.54) is 31.2 Å². The Kier molecular flexibility index (Phi) is 5.28. The number of anilines is 1. The van der Waals surface area contributed by atoms with Crippen LogP contribution in [-0.4, -0.2) is 18.0 Å². The van der Waals surface area contributed by atoms with Gasteiger partial charge in [-0.15, -0.1) is 0 Å². The molecule has 23 heavy (non-hydrogen) atoms. The Morgan fingerprint density at radius 1 is 1.13 bits per heavy atom. The molecule has 0 radical (unpaired) electrons. The first-order valence-electron chi connectivity index (χ1n) is 6.59. The van der Waals surface area contributed by atoms with Gasteiger partial charge < -0.3 is 10.1 Å². The van der Waals surface area contributed by atoms with Crippen LogP contribution in [0.2, 0.25) is 5.02 Å². The van der Waals surface area contributed by atoms with Crippen LogP contribution in [0.1, 0.15) is 17.3 Å². The zero-order valence-electron chi connectivity index (χ0n) is 12.0. The molecule has 0 bridgehead atoms. The molecule has 0 unspecified atom stereocenters. The largest absolute Gasteiger partial charge is 0.449 e. The van der Waals surface area contributed by atoms with Crippen molar-refractivity contribution in [1.29, 1.82) is 0 Å². The third-order valence-electron chi connectivity index (χ3n) is 2.90. The summed E-state index contributed by atoms with van der Waals surface area (Å²) in [6.45, 7) is 1.35. The molecule has 1 amide bonds. The number of rotatable bonds is 4. The molecule has 1 N–H and O–H groups in total. The fourth-order valence-electron chi connectivity index (χ4n) is 1.72. The number of esters is 1. The second kappa shape index (κ2) is 7.19. The lowest BCUT2D eigenvalue weighted by Crippen LogP contribution is -2.30. The lowest BCUT2D eigenvalue weighted by Gasteiger charge is -2.14. The summed E-state index contributed by atoms with van der Waals surface area (Å²) in [5, 5.41) is 2.43. The van der Waals surface area contributed by atoms with Crippen LogP contribution in [0.5, 0.6) is 0 Å². The summed E-state index contributed by atoms with van der Waals surface area (Å²) in [6, 6.07) is 8.37. The highest BCUT2D eigenvalue weighted by molar-refractivity contribution is 6.33. The quantitative estimate of drug-likeness (QED) is 0.862. The lowest BCUT2D eigenvalue weighted by molar-refractivity contribution is -0.123. The number of hydrogen-bond acceptors (Lipinski definition) is 3.